The minimum Gasteiger partial charge on any atom is -0.412 e. The molecule has 9 heavy (non-hydrogen) atoms. The Morgan fingerprint density at radius 1 is 1.22 bits per heavy atom. The van der Waals surface area contributed by atoms with Crippen molar-refractivity contribution in [3.63, 3.8) is 0 Å². The predicted octanol–water partition coefficient (Wildman–Crippen LogP) is 0.913. The Morgan fingerprint density at radius 2 is 1.78 bits per heavy atom. The van der Waals surface area contributed by atoms with Crippen LogP contribution in [-0.4, -0.2) is 30.5 Å². The fourth-order valence-corrected chi connectivity index (χ4v) is 0.586. The van der Waals surface area contributed by atoms with E-state index >= 15 is 0 Å². The Morgan fingerprint density at radius 3 is 2.11 bits per heavy atom. The highest BCUT2D eigenvalue weighted by atomic mass is 16.0. The van der Waals surface area contributed by atoms with Crippen LogP contribution in [0.4, 0.5) is 0 Å². The third-order valence-corrected chi connectivity index (χ3v) is 1.43. The molecule has 0 aromatic rings. The van der Waals surface area contributed by atoms with E-state index < -0.39 is 0 Å². The van der Waals surface area contributed by atoms with Crippen LogP contribution in [0.25, 0.3) is 0 Å². The van der Waals surface area contributed by atoms with Crippen molar-refractivity contribution in [2.24, 2.45) is 0 Å². The molecule has 58 valence electrons. The molecule has 0 aliphatic carbocycles. The third kappa shape index (κ3) is 7.92. The second-order valence-corrected chi connectivity index (χ2v) is 2.25. The molecule has 2 heteroatoms. The highest BCUT2D eigenvalue weighted by Gasteiger charge is 1.89. The molecule has 0 heterocycles. The number of hydrogen-bond acceptors (Lipinski definition) is 1. The molecular formula is C7H19NO. The van der Waals surface area contributed by atoms with Crippen LogP contribution < -0.4 is 0 Å². The van der Waals surface area contributed by atoms with Crippen LogP contribution in [0.3, 0.4) is 0 Å². The van der Waals surface area contributed by atoms with Crippen LogP contribution in [0.15, 0.2) is 0 Å². The first-order valence-electron chi connectivity index (χ1n) is 3.49. The lowest BCUT2D eigenvalue weighted by atomic mass is 10.3. The van der Waals surface area contributed by atoms with Gasteiger partial charge in [0, 0.05) is 0 Å². The van der Waals surface area contributed by atoms with E-state index in [0.29, 0.717) is 0 Å². The summed E-state index contributed by atoms with van der Waals surface area (Å²) in [7, 11) is 2.16. The van der Waals surface area contributed by atoms with Gasteiger partial charge in [-0.15, -0.1) is 0 Å². The van der Waals surface area contributed by atoms with Crippen LogP contribution in [0, 0.1) is 0 Å². The van der Waals surface area contributed by atoms with Gasteiger partial charge in [-0.05, 0) is 26.6 Å². The van der Waals surface area contributed by atoms with E-state index in [1.54, 1.807) is 0 Å². The summed E-state index contributed by atoms with van der Waals surface area (Å²) in [6.45, 7) is 6.85. The normalized spacial score (nSPS) is 9.33. The number of unbranched alkanes of at least 4 members (excludes halogenated alkanes) is 1. The Hall–Kier alpha value is -0.0800. The molecule has 0 bridgehead atoms. The monoisotopic (exact) mass is 133 g/mol. The number of hydrogen-bond donors (Lipinski definition) is 0. The highest BCUT2D eigenvalue weighted by molar-refractivity contribution is 4.44. The first kappa shape index (κ1) is 11.7. The van der Waals surface area contributed by atoms with E-state index in [9.17, 15) is 0 Å². The largest absolute Gasteiger partial charge is 0.412 e. The van der Waals surface area contributed by atoms with Gasteiger partial charge < -0.3 is 10.4 Å². The van der Waals surface area contributed by atoms with Crippen molar-refractivity contribution in [3.8, 4) is 0 Å². The lowest BCUT2D eigenvalue weighted by molar-refractivity contribution is 0.346. The van der Waals surface area contributed by atoms with E-state index in [1.165, 1.54) is 25.9 Å². The molecule has 0 atom stereocenters. The first-order chi connectivity index (χ1) is 3.81. The molecule has 0 unspecified atom stereocenters. The van der Waals surface area contributed by atoms with Crippen molar-refractivity contribution < 1.29 is 5.48 Å². The quantitative estimate of drug-likeness (QED) is 0.561. The van der Waals surface area contributed by atoms with Crippen molar-refractivity contribution in [2.45, 2.75) is 26.7 Å². The van der Waals surface area contributed by atoms with Gasteiger partial charge in [0.25, 0.3) is 0 Å². The summed E-state index contributed by atoms with van der Waals surface area (Å²) in [5.41, 5.74) is 0. The molecule has 0 aliphatic rings. The molecule has 0 rings (SSSR count). The molecule has 0 aliphatic heterocycles. The second kappa shape index (κ2) is 7.92. The molecule has 0 fully saturated rings. The minimum atomic E-state index is 0. The van der Waals surface area contributed by atoms with Gasteiger partial charge in [-0.1, -0.05) is 20.3 Å². The van der Waals surface area contributed by atoms with Crippen molar-refractivity contribution in [3.05, 3.63) is 0 Å². The fraction of sp³-hybridized carbons (Fsp3) is 1.00. The summed E-state index contributed by atoms with van der Waals surface area (Å²) in [6, 6.07) is 0. The zero-order valence-corrected chi connectivity index (χ0v) is 6.78. The molecule has 0 aromatic heterocycles. The maximum Gasteiger partial charge on any atom is -0.00220 e. The van der Waals surface area contributed by atoms with Gasteiger partial charge in [0.15, 0.2) is 0 Å². The van der Waals surface area contributed by atoms with Gasteiger partial charge in [-0.2, -0.15) is 0 Å². The molecule has 0 aromatic carbocycles. The lowest BCUT2D eigenvalue weighted by Gasteiger charge is -2.11. The van der Waals surface area contributed by atoms with Crippen LogP contribution in [0.1, 0.15) is 26.7 Å². The van der Waals surface area contributed by atoms with Crippen molar-refractivity contribution in [1.29, 1.82) is 0 Å². The van der Waals surface area contributed by atoms with Gasteiger partial charge >= 0.3 is 0 Å². The Labute approximate surface area is 58.2 Å². The summed E-state index contributed by atoms with van der Waals surface area (Å²) < 4.78 is 0. The molecule has 0 saturated carbocycles. The molecule has 0 spiro atoms. The van der Waals surface area contributed by atoms with Gasteiger partial charge in [0.2, 0.25) is 0 Å². The van der Waals surface area contributed by atoms with Crippen molar-refractivity contribution in [1.82, 2.24) is 4.90 Å². The minimum absolute atomic E-state index is 0. The summed E-state index contributed by atoms with van der Waals surface area (Å²) in [5, 5.41) is 0. The van der Waals surface area contributed by atoms with E-state index in [-0.39, 0.29) is 5.48 Å². The average molecular weight is 133 g/mol. The SMILES string of the molecule is CCCCN(C)CC.O. The number of nitrogens with zero attached hydrogens (tertiary/aromatic N) is 1. The molecule has 2 nitrogen and oxygen atoms in total. The van der Waals surface area contributed by atoms with Crippen molar-refractivity contribution in [2.75, 3.05) is 20.1 Å². The van der Waals surface area contributed by atoms with Crippen LogP contribution in [0.5, 0.6) is 0 Å². The topological polar surface area (TPSA) is 34.7 Å². The standard InChI is InChI=1S/C7H17N.H2O/c1-4-6-7-8(3)5-2;/h4-7H2,1-3H3;1H2. The second-order valence-electron chi connectivity index (χ2n) is 2.25. The highest BCUT2D eigenvalue weighted by Crippen LogP contribution is 1.89. The maximum absolute atomic E-state index is 2.34. The average Bonchev–Trinajstić information content (AvgIpc) is 1.83. The molecule has 0 radical (unpaired) electrons. The predicted molar refractivity (Wildman–Crippen MR) is 41.7 cm³/mol. The zero-order valence-electron chi connectivity index (χ0n) is 6.78. The Kier molecular flexibility index (Phi) is 10.3. The van der Waals surface area contributed by atoms with Crippen LogP contribution in [0.2, 0.25) is 0 Å². The Bertz CT molecular complexity index is 48.2. The van der Waals surface area contributed by atoms with Gasteiger partial charge in [0.05, 0.1) is 0 Å². The van der Waals surface area contributed by atoms with Gasteiger partial charge in [-0.25, -0.2) is 0 Å². The maximum atomic E-state index is 2.34. The zero-order chi connectivity index (χ0) is 6.41. The summed E-state index contributed by atoms with van der Waals surface area (Å²) in [4.78, 5) is 2.34. The van der Waals surface area contributed by atoms with E-state index in [4.69, 9.17) is 0 Å². The third-order valence-electron chi connectivity index (χ3n) is 1.43. The van der Waals surface area contributed by atoms with Gasteiger partial charge in [-0.3, -0.25) is 0 Å². The van der Waals surface area contributed by atoms with Crippen LogP contribution >= 0.6 is 0 Å². The van der Waals surface area contributed by atoms with E-state index in [1.807, 2.05) is 0 Å². The van der Waals surface area contributed by atoms with Gasteiger partial charge in [0.1, 0.15) is 0 Å². The van der Waals surface area contributed by atoms with Crippen LogP contribution in [-0.2, 0) is 0 Å². The fourth-order valence-electron chi connectivity index (χ4n) is 0.586. The number of rotatable bonds is 4. The molecule has 0 amide bonds. The van der Waals surface area contributed by atoms with E-state index in [0.717, 1.165) is 0 Å². The summed E-state index contributed by atoms with van der Waals surface area (Å²) >= 11 is 0. The van der Waals surface area contributed by atoms with Crippen molar-refractivity contribution >= 4 is 0 Å². The lowest BCUT2D eigenvalue weighted by Crippen LogP contribution is -2.18. The first-order valence-corrected chi connectivity index (χ1v) is 3.49. The Balaban J connectivity index is 0. The summed E-state index contributed by atoms with van der Waals surface area (Å²) in [5.74, 6) is 0. The molecular weight excluding hydrogens is 114 g/mol. The smallest absolute Gasteiger partial charge is 0.00220 e. The molecule has 0 saturated heterocycles. The summed E-state index contributed by atoms with van der Waals surface area (Å²) in [6.07, 6.45) is 2.65. The van der Waals surface area contributed by atoms with E-state index in [2.05, 4.69) is 25.8 Å². The molecule has 2 N–H and O–H groups in total.